The van der Waals surface area contributed by atoms with Gasteiger partial charge >= 0.3 is 0 Å². The van der Waals surface area contributed by atoms with E-state index >= 15 is 0 Å². The molecule has 0 unspecified atom stereocenters. The lowest BCUT2D eigenvalue weighted by Gasteiger charge is -2.01. The Hall–Kier alpha value is -2.07. The van der Waals surface area contributed by atoms with Crippen LogP contribution in [0, 0.1) is 6.92 Å². The second-order valence-corrected chi connectivity index (χ2v) is 4.79. The number of hydrogen-bond donors (Lipinski definition) is 1. The fraction of sp³-hybridized carbons (Fsp3) is 0.143. The quantitative estimate of drug-likeness (QED) is 0.795. The second kappa shape index (κ2) is 4.90. The van der Waals surface area contributed by atoms with Crippen molar-refractivity contribution in [3.8, 4) is 0 Å². The van der Waals surface area contributed by atoms with Gasteiger partial charge in [0, 0.05) is 17.3 Å². The van der Waals surface area contributed by atoms with E-state index in [2.05, 4.69) is 15.4 Å². The van der Waals surface area contributed by atoms with Crippen LogP contribution in [-0.2, 0) is 6.54 Å². The summed E-state index contributed by atoms with van der Waals surface area (Å²) in [4.78, 5) is 4.42. The number of pyridine rings is 1. The fourth-order valence-corrected chi connectivity index (χ4v) is 2.02. The molecular formula is C14H13ClN4. The summed E-state index contributed by atoms with van der Waals surface area (Å²) in [7, 11) is 0. The molecule has 0 radical (unpaired) electrons. The van der Waals surface area contributed by atoms with Gasteiger partial charge in [-0.1, -0.05) is 29.8 Å². The SMILES string of the molecule is Cc1cccc2nc(NCc3ccc(Cl)cc3)nn12. The van der Waals surface area contributed by atoms with Gasteiger partial charge in [0.25, 0.3) is 0 Å². The van der Waals surface area contributed by atoms with E-state index in [1.54, 1.807) is 0 Å². The average Bonchev–Trinajstić information content (AvgIpc) is 2.83. The van der Waals surface area contributed by atoms with Gasteiger partial charge in [0.05, 0.1) is 0 Å². The molecular weight excluding hydrogens is 260 g/mol. The molecule has 0 saturated carbocycles. The van der Waals surface area contributed by atoms with Gasteiger partial charge in [0.2, 0.25) is 5.95 Å². The molecule has 0 atom stereocenters. The Morgan fingerprint density at radius 1 is 1.16 bits per heavy atom. The van der Waals surface area contributed by atoms with Crippen LogP contribution in [0.1, 0.15) is 11.3 Å². The summed E-state index contributed by atoms with van der Waals surface area (Å²) in [6.45, 7) is 2.68. The molecule has 0 aliphatic carbocycles. The smallest absolute Gasteiger partial charge is 0.243 e. The Balaban J connectivity index is 1.78. The molecule has 0 spiro atoms. The van der Waals surface area contributed by atoms with E-state index in [1.165, 1.54) is 0 Å². The number of anilines is 1. The van der Waals surface area contributed by atoms with E-state index in [0.29, 0.717) is 12.5 Å². The molecule has 2 heterocycles. The van der Waals surface area contributed by atoms with E-state index in [-0.39, 0.29) is 0 Å². The van der Waals surface area contributed by atoms with E-state index in [9.17, 15) is 0 Å². The summed E-state index contributed by atoms with van der Waals surface area (Å²) in [5.41, 5.74) is 3.04. The third kappa shape index (κ3) is 2.53. The molecule has 1 aromatic carbocycles. The normalized spacial score (nSPS) is 10.8. The van der Waals surface area contributed by atoms with Crippen LogP contribution in [0.5, 0.6) is 0 Å². The second-order valence-electron chi connectivity index (χ2n) is 4.35. The maximum atomic E-state index is 5.85. The number of hydrogen-bond acceptors (Lipinski definition) is 3. The van der Waals surface area contributed by atoms with Gasteiger partial charge in [0.15, 0.2) is 5.65 Å². The van der Waals surface area contributed by atoms with Crippen molar-refractivity contribution in [2.45, 2.75) is 13.5 Å². The van der Waals surface area contributed by atoms with Crippen molar-refractivity contribution in [2.24, 2.45) is 0 Å². The number of fused-ring (bicyclic) bond motifs is 1. The van der Waals surface area contributed by atoms with Crippen LogP contribution in [0.2, 0.25) is 5.02 Å². The maximum absolute atomic E-state index is 5.85. The number of aryl methyl sites for hydroxylation is 1. The molecule has 3 rings (SSSR count). The fourth-order valence-electron chi connectivity index (χ4n) is 1.89. The molecule has 5 heteroatoms. The number of nitrogens with one attached hydrogen (secondary N) is 1. The van der Waals surface area contributed by atoms with Gasteiger partial charge in [-0.3, -0.25) is 0 Å². The molecule has 96 valence electrons. The maximum Gasteiger partial charge on any atom is 0.243 e. The lowest BCUT2D eigenvalue weighted by atomic mass is 10.2. The molecule has 1 N–H and O–H groups in total. The minimum absolute atomic E-state index is 0.629. The van der Waals surface area contributed by atoms with Gasteiger partial charge in [0.1, 0.15) is 0 Å². The van der Waals surface area contributed by atoms with Crippen LogP contribution in [-0.4, -0.2) is 14.6 Å². The summed E-state index contributed by atoms with van der Waals surface area (Å²) in [6, 6.07) is 13.6. The Bertz CT molecular complexity index is 703. The zero-order valence-corrected chi connectivity index (χ0v) is 11.2. The monoisotopic (exact) mass is 272 g/mol. The van der Waals surface area contributed by atoms with Crippen LogP contribution < -0.4 is 5.32 Å². The third-order valence-electron chi connectivity index (χ3n) is 2.91. The van der Waals surface area contributed by atoms with Crippen LogP contribution in [0.25, 0.3) is 5.65 Å². The van der Waals surface area contributed by atoms with Crippen molar-refractivity contribution < 1.29 is 0 Å². The molecule has 3 aromatic rings. The zero-order valence-electron chi connectivity index (χ0n) is 10.5. The highest BCUT2D eigenvalue weighted by molar-refractivity contribution is 6.30. The van der Waals surface area contributed by atoms with Gasteiger partial charge in [-0.25, -0.2) is 4.52 Å². The lowest BCUT2D eigenvalue weighted by molar-refractivity contribution is 0.909. The Labute approximate surface area is 116 Å². The van der Waals surface area contributed by atoms with Crippen molar-refractivity contribution in [2.75, 3.05) is 5.32 Å². The summed E-state index contributed by atoms with van der Waals surface area (Å²) >= 11 is 5.85. The van der Waals surface area contributed by atoms with Crippen LogP contribution in [0.3, 0.4) is 0 Å². The van der Waals surface area contributed by atoms with Crippen molar-refractivity contribution in [1.29, 1.82) is 0 Å². The number of aromatic nitrogens is 3. The topological polar surface area (TPSA) is 42.2 Å². The van der Waals surface area contributed by atoms with Crippen molar-refractivity contribution in [1.82, 2.24) is 14.6 Å². The molecule has 2 aromatic heterocycles. The van der Waals surface area contributed by atoms with Crippen LogP contribution in [0.4, 0.5) is 5.95 Å². The molecule has 0 bridgehead atoms. The molecule has 0 saturated heterocycles. The van der Waals surface area contributed by atoms with E-state index in [1.807, 2.05) is 53.9 Å². The molecule has 0 aliphatic rings. The van der Waals surface area contributed by atoms with E-state index < -0.39 is 0 Å². The summed E-state index contributed by atoms with van der Waals surface area (Å²) in [5.74, 6) is 0.629. The molecule has 4 nitrogen and oxygen atoms in total. The summed E-state index contributed by atoms with van der Waals surface area (Å²) < 4.78 is 1.82. The minimum Gasteiger partial charge on any atom is -0.349 e. The predicted molar refractivity (Wildman–Crippen MR) is 76.5 cm³/mol. The van der Waals surface area contributed by atoms with Gasteiger partial charge in [-0.2, -0.15) is 4.98 Å². The molecule has 19 heavy (non-hydrogen) atoms. The number of halogens is 1. The summed E-state index contributed by atoms with van der Waals surface area (Å²) in [5, 5.41) is 8.37. The van der Waals surface area contributed by atoms with Gasteiger partial charge < -0.3 is 5.32 Å². The van der Waals surface area contributed by atoms with Gasteiger partial charge in [-0.05, 0) is 36.8 Å². The Morgan fingerprint density at radius 3 is 2.68 bits per heavy atom. The Kier molecular flexibility index (Phi) is 3.09. The largest absolute Gasteiger partial charge is 0.349 e. The van der Waals surface area contributed by atoms with Crippen molar-refractivity contribution in [3.63, 3.8) is 0 Å². The standard InChI is InChI=1S/C14H13ClN4/c1-10-3-2-4-13-17-14(18-19(10)13)16-9-11-5-7-12(15)8-6-11/h2-8H,9H2,1H3,(H,16,18). The first-order chi connectivity index (χ1) is 9.22. The number of rotatable bonds is 3. The first-order valence-electron chi connectivity index (χ1n) is 6.03. The number of benzene rings is 1. The van der Waals surface area contributed by atoms with Crippen LogP contribution in [0.15, 0.2) is 42.5 Å². The predicted octanol–water partition coefficient (Wildman–Crippen LogP) is 3.30. The average molecular weight is 273 g/mol. The highest BCUT2D eigenvalue weighted by atomic mass is 35.5. The Morgan fingerprint density at radius 2 is 1.95 bits per heavy atom. The van der Waals surface area contributed by atoms with E-state index in [0.717, 1.165) is 21.9 Å². The first kappa shape index (κ1) is 12.0. The minimum atomic E-state index is 0.629. The molecule has 0 aliphatic heterocycles. The van der Waals surface area contributed by atoms with E-state index in [4.69, 9.17) is 11.6 Å². The van der Waals surface area contributed by atoms with Crippen molar-refractivity contribution in [3.05, 3.63) is 58.7 Å². The van der Waals surface area contributed by atoms with Crippen LogP contribution >= 0.6 is 11.6 Å². The highest BCUT2D eigenvalue weighted by Gasteiger charge is 2.04. The van der Waals surface area contributed by atoms with Crippen molar-refractivity contribution >= 4 is 23.2 Å². The zero-order chi connectivity index (χ0) is 13.2. The molecule has 0 amide bonds. The molecule has 0 fully saturated rings. The third-order valence-corrected chi connectivity index (χ3v) is 3.16. The summed E-state index contributed by atoms with van der Waals surface area (Å²) in [6.07, 6.45) is 0. The highest BCUT2D eigenvalue weighted by Crippen LogP contribution is 2.12. The number of nitrogens with zero attached hydrogens (tertiary/aromatic N) is 3. The van der Waals surface area contributed by atoms with Gasteiger partial charge in [-0.15, -0.1) is 5.10 Å². The lowest BCUT2D eigenvalue weighted by Crippen LogP contribution is -2.01. The first-order valence-corrected chi connectivity index (χ1v) is 6.41.